The Hall–Kier alpha value is -2.76. The number of halogens is 2. The summed E-state index contributed by atoms with van der Waals surface area (Å²) in [5.74, 6) is 0.410. The molecule has 0 aliphatic carbocycles. The molecule has 0 saturated heterocycles. The van der Waals surface area contributed by atoms with Crippen LogP contribution in [0.2, 0.25) is 10.0 Å². The van der Waals surface area contributed by atoms with E-state index in [0.717, 1.165) is 17.1 Å². The number of amides is 1. The molecule has 1 heterocycles. The van der Waals surface area contributed by atoms with E-state index in [1.807, 2.05) is 47.2 Å². The first-order valence-corrected chi connectivity index (χ1v) is 8.44. The van der Waals surface area contributed by atoms with Gasteiger partial charge in [-0.15, -0.1) is 0 Å². The third kappa shape index (κ3) is 4.07. The Bertz CT molecular complexity index is 950. The minimum Gasteiger partial charge on any atom is -0.497 e. The van der Waals surface area contributed by atoms with E-state index in [2.05, 4.69) is 10.5 Å². The molecule has 7 heteroatoms. The lowest BCUT2D eigenvalue weighted by Gasteiger charge is -2.07. The molecule has 0 fully saturated rings. The van der Waals surface area contributed by atoms with Crippen LogP contribution in [0.3, 0.4) is 0 Å². The number of nitrogens with one attached hydrogen (secondary N) is 1. The number of ether oxygens (including phenoxy) is 1. The quantitative estimate of drug-likeness (QED) is 0.515. The molecule has 1 amide bonds. The van der Waals surface area contributed by atoms with Gasteiger partial charge in [0.25, 0.3) is 5.91 Å². The van der Waals surface area contributed by atoms with Crippen molar-refractivity contribution in [2.75, 3.05) is 7.11 Å². The van der Waals surface area contributed by atoms with Crippen LogP contribution in [0.5, 0.6) is 5.75 Å². The predicted molar refractivity (Wildman–Crippen MR) is 104 cm³/mol. The van der Waals surface area contributed by atoms with Gasteiger partial charge in [-0.25, -0.2) is 5.43 Å². The Morgan fingerprint density at radius 3 is 2.58 bits per heavy atom. The van der Waals surface area contributed by atoms with E-state index in [1.165, 1.54) is 6.07 Å². The second-order valence-corrected chi connectivity index (χ2v) is 6.14. The van der Waals surface area contributed by atoms with Crippen LogP contribution in [0.25, 0.3) is 5.69 Å². The fourth-order valence-corrected chi connectivity index (χ4v) is 2.63. The average molecular weight is 388 g/mol. The monoisotopic (exact) mass is 387 g/mol. The van der Waals surface area contributed by atoms with Crippen LogP contribution in [0, 0.1) is 0 Å². The van der Waals surface area contributed by atoms with Gasteiger partial charge in [0.05, 0.1) is 29.1 Å². The predicted octanol–water partition coefficient (Wildman–Crippen LogP) is 4.56. The minimum absolute atomic E-state index is 0.316. The maximum absolute atomic E-state index is 12.1. The van der Waals surface area contributed by atoms with Crippen molar-refractivity contribution in [3.63, 3.8) is 0 Å². The number of hydrazone groups is 1. The largest absolute Gasteiger partial charge is 0.497 e. The van der Waals surface area contributed by atoms with Crippen molar-refractivity contribution in [2.45, 2.75) is 0 Å². The van der Waals surface area contributed by atoms with Gasteiger partial charge >= 0.3 is 0 Å². The second-order valence-electron chi connectivity index (χ2n) is 5.33. The molecule has 2 aromatic carbocycles. The summed E-state index contributed by atoms with van der Waals surface area (Å²) in [6.45, 7) is 0. The number of hydrogen-bond acceptors (Lipinski definition) is 3. The van der Waals surface area contributed by atoms with Crippen molar-refractivity contribution < 1.29 is 9.53 Å². The molecule has 0 aliphatic heterocycles. The summed E-state index contributed by atoms with van der Waals surface area (Å²) in [4.78, 5) is 12.1. The number of aromatic nitrogens is 1. The molecule has 0 radical (unpaired) electrons. The number of nitrogens with zero attached hydrogens (tertiary/aromatic N) is 2. The zero-order valence-electron chi connectivity index (χ0n) is 13.8. The number of carbonyl (C=O) groups is 1. The maximum atomic E-state index is 12.1. The van der Waals surface area contributed by atoms with Gasteiger partial charge < -0.3 is 9.30 Å². The minimum atomic E-state index is -0.373. The normalized spacial score (nSPS) is 10.9. The summed E-state index contributed by atoms with van der Waals surface area (Å²) in [7, 11) is 1.62. The Morgan fingerprint density at radius 1 is 1.12 bits per heavy atom. The Morgan fingerprint density at radius 2 is 1.88 bits per heavy atom. The molecule has 0 atom stereocenters. The van der Waals surface area contributed by atoms with Gasteiger partial charge in [0.15, 0.2) is 0 Å². The molecule has 3 rings (SSSR count). The van der Waals surface area contributed by atoms with E-state index in [4.69, 9.17) is 27.9 Å². The zero-order chi connectivity index (χ0) is 18.5. The number of hydrogen-bond donors (Lipinski definition) is 1. The summed E-state index contributed by atoms with van der Waals surface area (Å²) in [5.41, 5.74) is 4.61. The van der Waals surface area contributed by atoms with Gasteiger partial charge in [-0.3, -0.25) is 4.79 Å². The molecule has 26 heavy (non-hydrogen) atoms. The van der Waals surface area contributed by atoms with E-state index >= 15 is 0 Å². The number of rotatable bonds is 5. The first-order chi connectivity index (χ1) is 12.6. The average Bonchev–Trinajstić information content (AvgIpc) is 3.12. The third-order valence-electron chi connectivity index (χ3n) is 3.68. The molecule has 0 saturated carbocycles. The van der Waals surface area contributed by atoms with Crippen molar-refractivity contribution in [2.24, 2.45) is 5.10 Å². The molecule has 0 bridgehead atoms. The molecule has 0 unspecified atom stereocenters. The Kier molecular flexibility index (Phi) is 5.61. The molecule has 3 aromatic rings. The smallest absolute Gasteiger partial charge is 0.271 e. The van der Waals surface area contributed by atoms with E-state index in [0.29, 0.717) is 15.6 Å². The van der Waals surface area contributed by atoms with Crippen LogP contribution >= 0.6 is 23.2 Å². The first-order valence-electron chi connectivity index (χ1n) is 7.69. The summed E-state index contributed by atoms with van der Waals surface area (Å²) in [6, 6.07) is 16.1. The van der Waals surface area contributed by atoms with E-state index < -0.39 is 0 Å². The van der Waals surface area contributed by atoms with Crippen molar-refractivity contribution in [3.05, 3.63) is 82.1 Å². The van der Waals surface area contributed by atoms with Gasteiger partial charge in [0.2, 0.25) is 0 Å². The standard InChI is InChI=1S/C19H15Cl2N3O2/c1-26-16-7-5-14(6-8-16)24-10-2-3-15(24)12-22-23-19(25)13-4-9-17(20)18(21)11-13/h2-12H,1H3,(H,23,25)/b22-12-. The fourth-order valence-electron chi connectivity index (χ4n) is 2.34. The molecule has 0 aliphatic rings. The van der Waals surface area contributed by atoms with Gasteiger partial charge in [0, 0.05) is 17.4 Å². The summed E-state index contributed by atoms with van der Waals surface area (Å²) >= 11 is 11.8. The number of methoxy groups -OCH3 is 1. The Balaban J connectivity index is 1.72. The number of benzene rings is 2. The highest BCUT2D eigenvalue weighted by molar-refractivity contribution is 6.42. The lowest BCUT2D eigenvalue weighted by molar-refractivity contribution is 0.0955. The number of carbonyl (C=O) groups excluding carboxylic acids is 1. The van der Waals surface area contributed by atoms with E-state index in [1.54, 1.807) is 25.5 Å². The molecule has 1 aromatic heterocycles. The molecule has 5 nitrogen and oxygen atoms in total. The van der Waals surface area contributed by atoms with Gasteiger partial charge in [-0.2, -0.15) is 5.10 Å². The van der Waals surface area contributed by atoms with Gasteiger partial charge in [-0.05, 0) is 54.6 Å². The fraction of sp³-hybridized carbons (Fsp3) is 0.0526. The molecule has 1 N–H and O–H groups in total. The second kappa shape index (κ2) is 8.08. The SMILES string of the molecule is COc1ccc(-n2cccc2/C=N\NC(=O)c2ccc(Cl)c(Cl)c2)cc1. The van der Waals surface area contributed by atoms with Crippen molar-refractivity contribution in [1.82, 2.24) is 9.99 Å². The van der Waals surface area contributed by atoms with Crippen LogP contribution < -0.4 is 10.2 Å². The van der Waals surface area contributed by atoms with Crippen LogP contribution in [0.15, 0.2) is 65.9 Å². The first kappa shape index (κ1) is 18.0. The highest BCUT2D eigenvalue weighted by atomic mass is 35.5. The third-order valence-corrected chi connectivity index (χ3v) is 4.41. The molecule has 132 valence electrons. The van der Waals surface area contributed by atoms with Crippen LogP contribution in [-0.2, 0) is 0 Å². The molecule has 0 spiro atoms. The Labute approximate surface area is 160 Å². The van der Waals surface area contributed by atoms with Crippen LogP contribution in [-0.4, -0.2) is 23.8 Å². The van der Waals surface area contributed by atoms with Crippen LogP contribution in [0.4, 0.5) is 0 Å². The highest BCUT2D eigenvalue weighted by Crippen LogP contribution is 2.22. The van der Waals surface area contributed by atoms with Crippen molar-refractivity contribution in [1.29, 1.82) is 0 Å². The topological polar surface area (TPSA) is 55.6 Å². The highest BCUT2D eigenvalue weighted by Gasteiger charge is 2.07. The summed E-state index contributed by atoms with van der Waals surface area (Å²) in [6.07, 6.45) is 3.48. The van der Waals surface area contributed by atoms with Gasteiger partial charge in [0.1, 0.15) is 5.75 Å². The maximum Gasteiger partial charge on any atom is 0.271 e. The lowest BCUT2D eigenvalue weighted by Crippen LogP contribution is -2.17. The van der Waals surface area contributed by atoms with Gasteiger partial charge in [-0.1, -0.05) is 23.2 Å². The lowest BCUT2D eigenvalue weighted by atomic mass is 10.2. The van der Waals surface area contributed by atoms with E-state index in [-0.39, 0.29) is 5.91 Å². The van der Waals surface area contributed by atoms with Crippen molar-refractivity contribution >= 4 is 35.3 Å². The summed E-state index contributed by atoms with van der Waals surface area (Å²) in [5, 5.41) is 4.72. The van der Waals surface area contributed by atoms with Crippen molar-refractivity contribution in [3.8, 4) is 11.4 Å². The van der Waals surface area contributed by atoms with Crippen LogP contribution in [0.1, 0.15) is 16.1 Å². The van der Waals surface area contributed by atoms with E-state index in [9.17, 15) is 4.79 Å². The summed E-state index contributed by atoms with van der Waals surface area (Å²) < 4.78 is 7.10. The zero-order valence-corrected chi connectivity index (χ0v) is 15.3. The molecular weight excluding hydrogens is 373 g/mol. The molecular formula is C19H15Cl2N3O2.